The standard InChI is InChI=1S/C9H11N3OS/c1-7(11-12-9(10)14)4-5-8-3-2-6-13-8/h2-6H,1H3,(H3,10,12,14). The minimum absolute atomic E-state index is 0.149. The van der Waals surface area contributed by atoms with E-state index in [-0.39, 0.29) is 5.11 Å². The second kappa shape index (κ2) is 5.18. The molecule has 1 heterocycles. The number of nitrogens with two attached hydrogens (primary N) is 1. The van der Waals surface area contributed by atoms with E-state index in [4.69, 9.17) is 10.2 Å². The molecule has 1 rings (SSSR count). The fourth-order valence-electron chi connectivity index (χ4n) is 0.769. The van der Waals surface area contributed by atoms with Crippen LogP contribution in [0.4, 0.5) is 0 Å². The fraction of sp³-hybridized carbons (Fsp3) is 0.111. The van der Waals surface area contributed by atoms with Crippen molar-refractivity contribution in [2.75, 3.05) is 0 Å². The predicted molar refractivity (Wildman–Crippen MR) is 60.8 cm³/mol. The first-order valence-electron chi connectivity index (χ1n) is 4.00. The summed E-state index contributed by atoms with van der Waals surface area (Å²) in [5.41, 5.74) is 8.45. The molecule has 0 unspecified atom stereocenters. The second-order valence-electron chi connectivity index (χ2n) is 2.58. The molecule has 1 aromatic rings. The van der Waals surface area contributed by atoms with Crippen LogP contribution in [0.5, 0.6) is 0 Å². The molecule has 5 heteroatoms. The number of rotatable bonds is 3. The molecule has 0 amide bonds. The summed E-state index contributed by atoms with van der Waals surface area (Å²) in [6, 6.07) is 3.67. The highest BCUT2D eigenvalue weighted by Gasteiger charge is 1.88. The smallest absolute Gasteiger partial charge is 0.184 e. The Balaban J connectivity index is 2.51. The molecule has 1 aromatic heterocycles. The zero-order valence-electron chi connectivity index (χ0n) is 7.73. The van der Waals surface area contributed by atoms with Crippen LogP contribution in [0.1, 0.15) is 12.7 Å². The average Bonchev–Trinajstić information content (AvgIpc) is 2.63. The molecule has 0 radical (unpaired) electrons. The van der Waals surface area contributed by atoms with E-state index < -0.39 is 0 Å². The topological polar surface area (TPSA) is 63.5 Å². The Morgan fingerprint density at radius 1 is 1.71 bits per heavy atom. The van der Waals surface area contributed by atoms with Crippen LogP contribution in [0, 0.1) is 0 Å². The van der Waals surface area contributed by atoms with Gasteiger partial charge in [-0.05, 0) is 43.4 Å². The molecule has 3 N–H and O–H groups in total. The second-order valence-corrected chi connectivity index (χ2v) is 3.02. The van der Waals surface area contributed by atoms with Gasteiger partial charge in [0.25, 0.3) is 0 Å². The number of nitrogens with one attached hydrogen (secondary N) is 1. The van der Waals surface area contributed by atoms with Gasteiger partial charge >= 0.3 is 0 Å². The van der Waals surface area contributed by atoms with E-state index in [1.54, 1.807) is 18.4 Å². The van der Waals surface area contributed by atoms with E-state index in [1.807, 2.05) is 19.1 Å². The van der Waals surface area contributed by atoms with Crippen molar-refractivity contribution in [3.63, 3.8) is 0 Å². The molecule has 74 valence electrons. The largest absolute Gasteiger partial charge is 0.465 e. The number of allylic oxidation sites excluding steroid dienone is 1. The van der Waals surface area contributed by atoms with E-state index >= 15 is 0 Å². The third-order valence-corrected chi connectivity index (χ3v) is 1.47. The van der Waals surface area contributed by atoms with E-state index in [1.165, 1.54) is 0 Å². The lowest BCUT2D eigenvalue weighted by Crippen LogP contribution is -2.24. The summed E-state index contributed by atoms with van der Waals surface area (Å²) in [6.45, 7) is 1.82. The fourth-order valence-corrected chi connectivity index (χ4v) is 0.815. The minimum atomic E-state index is 0.149. The zero-order chi connectivity index (χ0) is 10.4. The van der Waals surface area contributed by atoms with E-state index in [0.29, 0.717) is 0 Å². The molecule has 0 fully saturated rings. The molecule has 0 spiro atoms. The molecule has 0 aliphatic heterocycles. The van der Waals surface area contributed by atoms with Crippen LogP contribution < -0.4 is 11.2 Å². The van der Waals surface area contributed by atoms with Crippen LogP contribution in [-0.4, -0.2) is 10.8 Å². The van der Waals surface area contributed by atoms with E-state index in [2.05, 4.69) is 22.7 Å². The first-order valence-corrected chi connectivity index (χ1v) is 4.40. The summed E-state index contributed by atoms with van der Waals surface area (Å²) < 4.78 is 5.10. The summed E-state index contributed by atoms with van der Waals surface area (Å²) >= 11 is 4.59. The molecular weight excluding hydrogens is 198 g/mol. The third-order valence-electron chi connectivity index (χ3n) is 1.37. The number of hydrazone groups is 1. The molecule has 0 aromatic carbocycles. The normalized spacial score (nSPS) is 11.9. The Morgan fingerprint density at radius 2 is 2.50 bits per heavy atom. The molecule has 0 saturated heterocycles. The highest BCUT2D eigenvalue weighted by molar-refractivity contribution is 7.80. The molecule has 0 atom stereocenters. The van der Waals surface area contributed by atoms with Crippen LogP contribution in [0.15, 0.2) is 34.0 Å². The lowest BCUT2D eigenvalue weighted by Gasteiger charge is -1.95. The maximum Gasteiger partial charge on any atom is 0.184 e. The molecule has 0 bridgehead atoms. The van der Waals surface area contributed by atoms with Gasteiger partial charge in [0.2, 0.25) is 0 Å². The van der Waals surface area contributed by atoms with Crippen molar-refractivity contribution in [2.24, 2.45) is 10.8 Å². The number of furan rings is 1. The zero-order valence-corrected chi connectivity index (χ0v) is 8.54. The van der Waals surface area contributed by atoms with Crippen molar-refractivity contribution in [3.05, 3.63) is 30.2 Å². The lowest BCUT2D eigenvalue weighted by atomic mass is 10.3. The van der Waals surface area contributed by atoms with Gasteiger partial charge < -0.3 is 10.2 Å². The Bertz CT molecular complexity index is 354. The SMILES string of the molecule is CC(C=Cc1ccco1)=NNC(N)=S. The predicted octanol–water partition coefficient (Wildman–Crippen LogP) is 1.50. The van der Waals surface area contributed by atoms with Gasteiger partial charge in [-0.2, -0.15) is 5.10 Å². The van der Waals surface area contributed by atoms with Crippen molar-refractivity contribution in [1.82, 2.24) is 5.43 Å². The highest BCUT2D eigenvalue weighted by Crippen LogP contribution is 2.01. The van der Waals surface area contributed by atoms with E-state index in [9.17, 15) is 0 Å². The lowest BCUT2D eigenvalue weighted by molar-refractivity contribution is 0.557. The van der Waals surface area contributed by atoms with Crippen LogP contribution in [0.2, 0.25) is 0 Å². The number of nitrogens with zero attached hydrogens (tertiary/aromatic N) is 1. The van der Waals surface area contributed by atoms with Crippen molar-refractivity contribution in [1.29, 1.82) is 0 Å². The van der Waals surface area contributed by atoms with Gasteiger partial charge in [-0.3, -0.25) is 5.43 Å². The summed E-state index contributed by atoms with van der Waals surface area (Å²) in [5.74, 6) is 0.773. The minimum Gasteiger partial charge on any atom is -0.465 e. The number of hydrogen-bond donors (Lipinski definition) is 2. The van der Waals surface area contributed by atoms with Gasteiger partial charge in [0.15, 0.2) is 5.11 Å². The van der Waals surface area contributed by atoms with Crippen LogP contribution in [0.3, 0.4) is 0 Å². The van der Waals surface area contributed by atoms with Gasteiger partial charge in [0.1, 0.15) is 5.76 Å². The number of thiocarbonyl (C=S) groups is 1. The van der Waals surface area contributed by atoms with Gasteiger partial charge in [0.05, 0.1) is 12.0 Å². The van der Waals surface area contributed by atoms with Gasteiger partial charge in [-0.15, -0.1) is 0 Å². The molecular formula is C9H11N3OS. The van der Waals surface area contributed by atoms with Gasteiger partial charge in [-0.25, -0.2) is 0 Å². The molecule has 14 heavy (non-hydrogen) atoms. The quantitative estimate of drug-likeness (QED) is 0.450. The van der Waals surface area contributed by atoms with Gasteiger partial charge in [0, 0.05) is 0 Å². The Kier molecular flexibility index (Phi) is 3.87. The summed E-state index contributed by atoms with van der Waals surface area (Å²) in [4.78, 5) is 0. The highest BCUT2D eigenvalue weighted by atomic mass is 32.1. The van der Waals surface area contributed by atoms with Crippen molar-refractivity contribution in [3.8, 4) is 0 Å². The first-order chi connectivity index (χ1) is 6.68. The Hall–Kier alpha value is -1.62. The summed E-state index contributed by atoms with van der Waals surface area (Å²) in [6.07, 6.45) is 5.21. The van der Waals surface area contributed by atoms with Crippen molar-refractivity contribution in [2.45, 2.75) is 6.92 Å². The van der Waals surface area contributed by atoms with Crippen LogP contribution in [-0.2, 0) is 0 Å². The van der Waals surface area contributed by atoms with Crippen molar-refractivity contribution < 1.29 is 4.42 Å². The maximum atomic E-state index is 5.20. The Labute approximate surface area is 87.5 Å². The van der Waals surface area contributed by atoms with E-state index in [0.717, 1.165) is 11.5 Å². The molecule has 0 aliphatic rings. The maximum absolute atomic E-state index is 5.20. The first kappa shape index (κ1) is 10.5. The monoisotopic (exact) mass is 209 g/mol. The van der Waals surface area contributed by atoms with Crippen LogP contribution >= 0.6 is 12.2 Å². The number of hydrogen-bond acceptors (Lipinski definition) is 3. The molecule has 0 aliphatic carbocycles. The summed E-state index contributed by atoms with van der Waals surface area (Å²) in [7, 11) is 0. The van der Waals surface area contributed by atoms with Gasteiger partial charge in [-0.1, -0.05) is 0 Å². The van der Waals surface area contributed by atoms with Crippen LogP contribution in [0.25, 0.3) is 6.08 Å². The molecule has 4 nitrogen and oxygen atoms in total. The third kappa shape index (κ3) is 3.86. The molecule has 0 saturated carbocycles. The summed E-state index contributed by atoms with van der Waals surface area (Å²) in [5, 5.41) is 4.04. The average molecular weight is 209 g/mol. The van der Waals surface area contributed by atoms with Crippen molar-refractivity contribution >= 4 is 29.1 Å². The Morgan fingerprint density at radius 3 is 3.07 bits per heavy atom.